The van der Waals surface area contributed by atoms with Gasteiger partial charge in [-0.05, 0) is 0 Å². The van der Waals surface area contributed by atoms with Gasteiger partial charge >= 0.3 is 193 Å². The number of carbonyl (C=O) groups is 2. The number of nitrogens with one attached hydrogen (secondary N) is 1. The van der Waals surface area contributed by atoms with Gasteiger partial charge in [0.15, 0.2) is 0 Å². The van der Waals surface area contributed by atoms with Crippen LogP contribution in [0.2, 0.25) is 10.0 Å². The molecule has 1 unspecified atom stereocenters. The first-order valence-corrected chi connectivity index (χ1v) is 13.7. The predicted molar refractivity (Wildman–Crippen MR) is 126 cm³/mol. The number of aryl methyl sites for hydroxylation is 1. The Morgan fingerprint density at radius 1 is 1.23 bits per heavy atom. The molecule has 31 heavy (non-hydrogen) atoms. The minimum atomic E-state index is -4.79. The molecule has 0 aliphatic rings. The number of aromatic nitrogens is 1. The van der Waals surface area contributed by atoms with Gasteiger partial charge in [0.2, 0.25) is 0 Å². The molecular formula is C21H16Cl2FIN2O4. The second kappa shape index (κ2) is 9.37. The first kappa shape index (κ1) is 23.2. The number of ketones is 1. The molecule has 162 valence electrons. The van der Waals surface area contributed by atoms with E-state index in [9.17, 15) is 17.0 Å². The van der Waals surface area contributed by atoms with Gasteiger partial charge in [0.05, 0.1) is 0 Å². The Hall–Kier alpha value is -2.43. The average Bonchev–Trinajstić information content (AvgIpc) is 2.75. The van der Waals surface area contributed by atoms with Crippen molar-refractivity contribution in [3.8, 4) is 5.75 Å². The number of pyridine rings is 1. The fourth-order valence-electron chi connectivity index (χ4n) is 2.73. The Kier molecular flexibility index (Phi) is 7.03. The molecule has 1 N–H and O–H groups in total. The second-order valence-electron chi connectivity index (χ2n) is 6.33. The van der Waals surface area contributed by atoms with Gasteiger partial charge in [0.1, 0.15) is 0 Å². The van der Waals surface area contributed by atoms with Gasteiger partial charge < -0.3 is 0 Å². The molecule has 0 aliphatic heterocycles. The molecule has 0 radical (unpaired) electrons. The van der Waals surface area contributed by atoms with E-state index in [-0.39, 0.29) is 31.3 Å². The van der Waals surface area contributed by atoms with Crippen LogP contribution in [-0.2, 0) is 7.86 Å². The number of ether oxygens (including phenoxy) is 1. The van der Waals surface area contributed by atoms with E-state index in [1.165, 1.54) is 43.6 Å². The van der Waals surface area contributed by atoms with Gasteiger partial charge in [0, 0.05) is 0 Å². The van der Waals surface area contributed by atoms with Gasteiger partial charge in [0.25, 0.3) is 0 Å². The molecule has 0 fully saturated rings. The molecule has 0 saturated carbocycles. The van der Waals surface area contributed by atoms with E-state index in [1.54, 1.807) is 13.0 Å². The van der Waals surface area contributed by atoms with E-state index < -0.39 is 30.3 Å². The summed E-state index contributed by atoms with van der Waals surface area (Å²) in [6.45, 7) is 1.76. The molecule has 0 amide bonds. The van der Waals surface area contributed by atoms with Gasteiger partial charge in [-0.3, -0.25) is 0 Å². The molecule has 1 heterocycles. The maximum absolute atomic E-state index is 14.4. The summed E-state index contributed by atoms with van der Waals surface area (Å²) in [4.78, 5) is 29.0. The Morgan fingerprint density at radius 3 is 2.61 bits per heavy atom. The summed E-state index contributed by atoms with van der Waals surface area (Å²) in [6.07, 6.45) is 1.19. The van der Waals surface area contributed by atoms with E-state index in [4.69, 9.17) is 27.9 Å². The molecule has 0 spiro atoms. The van der Waals surface area contributed by atoms with E-state index in [0.29, 0.717) is 9.32 Å². The zero-order valence-electron chi connectivity index (χ0n) is 16.3. The number of benzene rings is 2. The number of hydrogen-bond donors (Lipinski definition) is 1. The van der Waals surface area contributed by atoms with Crippen molar-refractivity contribution in [3.05, 3.63) is 84.9 Å². The molecule has 1 atom stereocenters. The van der Waals surface area contributed by atoms with Crippen molar-refractivity contribution in [2.24, 2.45) is 0 Å². The van der Waals surface area contributed by atoms with Gasteiger partial charge in [-0.25, -0.2) is 0 Å². The van der Waals surface area contributed by atoms with Gasteiger partial charge in [-0.1, -0.05) is 0 Å². The third-order valence-corrected chi connectivity index (χ3v) is 9.55. The van der Waals surface area contributed by atoms with Crippen LogP contribution >= 0.6 is 41.9 Å². The summed E-state index contributed by atoms with van der Waals surface area (Å²) in [5.41, 5.74) is 0.0526. The summed E-state index contributed by atoms with van der Waals surface area (Å²) >= 11 is 7.35. The Bertz CT molecular complexity index is 1240. The first-order valence-electron chi connectivity index (χ1n) is 8.70. The number of halogens is 4. The number of nitrogens with zero attached hydrogens (tertiary/aromatic N) is 1. The van der Waals surface area contributed by atoms with Crippen molar-refractivity contribution in [3.63, 3.8) is 0 Å². The normalized spacial score (nSPS) is 13.7. The molecule has 2 aromatic carbocycles. The zero-order valence-corrected chi connectivity index (χ0v) is 20.0. The Morgan fingerprint density at radius 2 is 1.97 bits per heavy atom. The fraction of sp³-hybridized carbons (Fsp3) is 0.0952. The van der Waals surface area contributed by atoms with Crippen molar-refractivity contribution >= 4 is 57.7 Å². The predicted octanol–water partition coefficient (Wildman–Crippen LogP) is 5.85. The standard InChI is InChI=1S/C21H16Cl2FIN2O4/c1-12-6-7-14(9-15(12)23)25(30,11-28)27-17-8-13(22)10-26-20(17)21(29)19-16(24)4-3-5-18(19)31-2/h3-11H,1-2H3,(H,27,30). The monoisotopic (exact) mass is 576 g/mol. The van der Waals surface area contributed by atoms with Crippen LogP contribution in [0.3, 0.4) is 0 Å². The summed E-state index contributed by atoms with van der Waals surface area (Å²) in [7, 11) is 1.30. The van der Waals surface area contributed by atoms with Crippen LogP contribution in [0.15, 0.2) is 48.7 Å². The van der Waals surface area contributed by atoms with Crippen LogP contribution in [0, 0.1) is 16.3 Å². The quantitative estimate of drug-likeness (QED) is 0.125. The van der Waals surface area contributed by atoms with Crippen molar-refractivity contribution in [1.82, 2.24) is 4.98 Å². The summed E-state index contributed by atoms with van der Waals surface area (Å²) in [5, 5.41) is 0.456. The van der Waals surface area contributed by atoms with Crippen molar-refractivity contribution in [1.29, 1.82) is 0 Å². The van der Waals surface area contributed by atoms with Crippen LogP contribution < -0.4 is 8.27 Å². The number of hydrogen-bond acceptors (Lipinski definition) is 5. The third-order valence-electron chi connectivity index (χ3n) is 4.32. The van der Waals surface area contributed by atoms with E-state index in [0.717, 1.165) is 11.6 Å². The molecule has 0 aliphatic carbocycles. The van der Waals surface area contributed by atoms with E-state index >= 15 is 0 Å². The molecule has 10 heteroatoms. The Labute approximate surface area is 192 Å². The SMILES string of the molecule is COc1cccc(F)c1C(=O)c1ncc(Cl)cc1NI(=O)(C=O)c1ccc(C)c(Cl)c1. The maximum atomic E-state index is 14.4. The molecular weight excluding hydrogens is 561 g/mol. The third kappa shape index (κ3) is 4.76. The number of anilines is 1. The number of rotatable bonds is 7. The number of methoxy groups -OCH3 is 1. The van der Waals surface area contributed by atoms with Crippen LogP contribution in [0.1, 0.15) is 21.6 Å². The summed E-state index contributed by atoms with van der Waals surface area (Å²) in [6, 6.07) is 9.80. The van der Waals surface area contributed by atoms with Crippen LogP contribution in [0.5, 0.6) is 5.75 Å². The number of carbonyl (C=O) groups excluding carboxylic acids is 2. The zero-order chi connectivity index (χ0) is 22.8. The Balaban J connectivity index is 2.12. The van der Waals surface area contributed by atoms with Crippen molar-refractivity contribution in [2.45, 2.75) is 6.92 Å². The summed E-state index contributed by atoms with van der Waals surface area (Å²) in [5.74, 6) is -1.64. The van der Waals surface area contributed by atoms with Crippen LogP contribution in [-0.4, -0.2) is 22.2 Å². The molecule has 0 bridgehead atoms. The van der Waals surface area contributed by atoms with Crippen molar-refractivity contribution in [2.75, 3.05) is 10.6 Å². The fourth-order valence-corrected chi connectivity index (χ4v) is 6.74. The molecule has 1 aromatic heterocycles. The van der Waals surface area contributed by atoms with Crippen LogP contribution in [0.4, 0.5) is 10.1 Å². The second-order valence-corrected chi connectivity index (χ2v) is 12.6. The van der Waals surface area contributed by atoms with Crippen LogP contribution in [0.25, 0.3) is 0 Å². The molecule has 3 aromatic rings. The molecule has 0 saturated heterocycles. The van der Waals surface area contributed by atoms with Gasteiger partial charge in [-0.2, -0.15) is 0 Å². The van der Waals surface area contributed by atoms with Crippen molar-refractivity contribution < 1.29 is 21.8 Å². The average molecular weight is 577 g/mol. The molecule has 6 nitrogen and oxygen atoms in total. The first-order chi connectivity index (χ1) is 14.7. The van der Waals surface area contributed by atoms with E-state index in [2.05, 4.69) is 8.51 Å². The summed E-state index contributed by atoms with van der Waals surface area (Å²) < 4.78 is 36.2. The molecule has 3 rings (SSSR count). The topological polar surface area (TPSA) is 85.4 Å². The van der Waals surface area contributed by atoms with Gasteiger partial charge in [-0.15, -0.1) is 0 Å². The van der Waals surface area contributed by atoms with E-state index in [1.807, 2.05) is 0 Å². The minimum absolute atomic E-state index is 0.00246.